The number of nitrogens with two attached hydrogens (primary N) is 2. The largest absolute Gasteiger partial charge is 0.772 e. The number of aliphatic hydroxyl groups is 1. The van der Waals surface area contributed by atoms with Crippen molar-refractivity contribution in [2.24, 2.45) is 5.73 Å². The Kier molecular flexibility index (Phi) is 9.03. The maximum absolute atomic E-state index is 11.7. The fraction of sp³-hybridized carbons (Fsp3) is 0.294. The molecule has 0 heterocycles. The third kappa shape index (κ3) is 5.93. The summed E-state index contributed by atoms with van der Waals surface area (Å²) in [6, 6.07) is 14.4. The Bertz CT molecular complexity index is 636. The highest BCUT2D eigenvalue weighted by Gasteiger charge is 2.18. The van der Waals surface area contributed by atoms with E-state index in [4.69, 9.17) is 16.6 Å². The number of aliphatic hydroxyl groups excluding tert-OH is 1. The second kappa shape index (κ2) is 10.8. The summed E-state index contributed by atoms with van der Waals surface area (Å²) in [5, 5.41) is 10.2. The lowest BCUT2D eigenvalue weighted by atomic mass is 10.0. The molecule has 0 aliphatic heterocycles. The summed E-state index contributed by atoms with van der Waals surface area (Å²) >= 11 is -2.27. The van der Waals surface area contributed by atoms with E-state index < -0.39 is 16.3 Å². The molecule has 2 aromatic rings. The minimum absolute atomic E-state index is 0.0972. The van der Waals surface area contributed by atoms with Crippen LogP contribution in [0.3, 0.4) is 0 Å². The van der Waals surface area contributed by atoms with E-state index in [0.717, 1.165) is 11.3 Å². The molecule has 6 nitrogen and oxygen atoms in total. The molecule has 0 aromatic heterocycles. The quantitative estimate of drug-likeness (QED) is 0.463. The average molecular weight is 350 g/mol. The molecular formula is C17H24N3O3S-. The molecule has 6 N–H and O–H groups in total. The van der Waals surface area contributed by atoms with Gasteiger partial charge in [0, 0.05) is 24.5 Å². The minimum atomic E-state index is -2.27. The van der Waals surface area contributed by atoms with Gasteiger partial charge in [0.15, 0.2) is 0 Å². The predicted octanol–water partition coefficient (Wildman–Crippen LogP) is 1.61. The summed E-state index contributed by atoms with van der Waals surface area (Å²) in [5.41, 5.74) is 13.3. The van der Waals surface area contributed by atoms with Crippen LogP contribution in [-0.4, -0.2) is 33.6 Å². The van der Waals surface area contributed by atoms with Crippen LogP contribution in [-0.2, 0) is 11.1 Å². The Labute approximate surface area is 145 Å². The van der Waals surface area contributed by atoms with E-state index >= 15 is 0 Å². The maximum atomic E-state index is 11.7. The highest BCUT2D eigenvalue weighted by molar-refractivity contribution is 7.79. The standard InChI is InChI=1S/C15H18N2O2S.C2H7NO/c1-2-17-14-9-8-12(16)10-13(14)15(20(18)19)11-6-4-3-5-7-11;3-1-2-4/h3-10,15,17H,2,16H2,1H3,(H,18,19);4H,1-3H2/p-1. The number of anilines is 2. The van der Waals surface area contributed by atoms with Gasteiger partial charge < -0.3 is 26.4 Å². The Morgan fingerprint density at radius 3 is 2.38 bits per heavy atom. The van der Waals surface area contributed by atoms with Gasteiger partial charge in [0.25, 0.3) is 0 Å². The zero-order valence-corrected chi connectivity index (χ0v) is 14.5. The Morgan fingerprint density at radius 2 is 1.88 bits per heavy atom. The first-order chi connectivity index (χ1) is 11.5. The van der Waals surface area contributed by atoms with Gasteiger partial charge in [-0.25, -0.2) is 0 Å². The van der Waals surface area contributed by atoms with Crippen LogP contribution in [0.15, 0.2) is 48.5 Å². The lowest BCUT2D eigenvalue weighted by molar-refractivity contribution is 0.306. The first kappa shape index (κ1) is 20.1. The van der Waals surface area contributed by atoms with Gasteiger partial charge in [0.2, 0.25) is 0 Å². The molecule has 0 saturated carbocycles. The Morgan fingerprint density at radius 1 is 1.25 bits per heavy atom. The van der Waals surface area contributed by atoms with E-state index in [9.17, 15) is 8.76 Å². The van der Waals surface area contributed by atoms with E-state index in [1.165, 1.54) is 0 Å². The zero-order valence-electron chi connectivity index (χ0n) is 13.6. The molecule has 2 atom stereocenters. The molecule has 2 rings (SSSR count). The third-order valence-corrected chi connectivity index (χ3v) is 4.06. The van der Waals surface area contributed by atoms with Crippen LogP contribution in [0, 0.1) is 0 Å². The first-order valence-corrected chi connectivity index (χ1v) is 8.76. The topological polar surface area (TPSA) is 124 Å². The lowest BCUT2D eigenvalue weighted by Crippen LogP contribution is -2.12. The molecule has 2 aromatic carbocycles. The van der Waals surface area contributed by atoms with Crippen molar-refractivity contribution in [2.75, 3.05) is 30.7 Å². The van der Waals surface area contributed by atoms with Crippen molar-refractivity contribution in [3.05, 3.63) is 59.7 Å². The van der Waals surface area contributed by atoms with Crippen molar-refractivity contribution < 1.29 is 13.9 Å². The molecule has 24 heavy (non-hydrogen) atoms. The molecule has 0 amide bonds. The van der Waals surface area contributed by atoms with E-state index in [2.05, 4.69) is 5.32 Å². The van der Waals surface area contributed by atoms with Crippen molar-refractivity contribution in [1.29, 1.82) is 0 Å². The highest BCUT2D eigenvalue weighted by Crippen LogP contribution is 2.33. The number of benzene rings is 2. The summed E-state index contributed by atoms with van der Waals surface area (Å²) in [6.45, 7) is 3.15. The van der Waals surface area contributed by atoms with Crippen molar-refractivity contribution in [3.8, 4) is 0 Å². The van der Waals surface area contributed by atoms with Crippen molar-refractivity contribution >= 4 is 22.5 Å². The van der Waals surface area contributed by atoms with Crippen LogP contribution in [0.25, 0.3) is 0 Å². The van der Waals surface area contributed by atoms with Gasteiger partial charge >= 0.3 is 0 Å². The summed E-state index contributed by atoms with van der Waals surface area (Å²) in [5.74, 6) is 0. The van der Waals surface area contributed by atoms with Gasteiger partial charge in [-0.1, -0.05) is 30.3 Å². The molecule has 0 spiro atoms. The smallest absolute Gasteiger partial charge is 0.0735 e. The molecule has 0 saturated heterocycles. The molecule has 2 unspecified atom stereocenters. The Hall–Kier alpha value is -1.93. The summed E-state index contributed by atoms with van der Waals surface area (Å²) in [6.07, 6.45) is 0. The fourth-order valence-corrected chi connectivity index (χ4v) is 2.95. The summed E-state index contributed by atoms with van der Waals surface area (Å²) < 4.78 is 23.4. The van der Waals surface area contributed by atoms with E-state index in [1.54, 1.807) is 24.3 Å². The summed E-state index contributed by atoms with van der Waals surface area (Å²) in [4.78, 5) is 0. The predicted molar refractivity (Wildman–Crippen MR) is 98.4 cm³/mol. The van der Waals surface area contributed by atoms with E-state index in [0.29, 0.717) is 24.3 Å². The first-order valence-electron chi connectivity index (χ1n) is 7.62. The number of hydrogen-bond donors (Lipinski definition) is 4. The highest BCUT2D eigenvalue weighted by atomic mass is 32.2. The minimum Gasteiger partial charge on any atom is -0.772 e. The maximum Gasteiger partial charge on any atom is 0.0735 e. The average Bonchev–Trinajstić information content (AvgIpc) is 2.58. The second-order valence-electron chi connectivity index (χ2n) is 4.94. The van der Waals surface area contributed by atoms with Gasteiger partial charge in [0.1, 0.15) is 0 Å². The van der Waals surface area contributed by atoms with Crippen molar-refractivity contribution in [3.63, 3.8) is 0 Å². The molecule has 132 valence electrons. The van der Waals surface area contributed by atoms with Crippen molar-refractivity contribution in [1.82, 2.24) is 0 Å². The number of hydrogen-bond acceptors (Lipinski definition) is 6. The van der Waals surface area contributed by atoms with Crippen LogP contribution in [0.4, 0.5) is 11.4 Å². The number of nitrogen functional groups attached to an aromatic ring is 1. The third-order valence-electron chi connectivity index (χ3n) is 3.15. The van der Waals surface area contributed by atoms with Crippen LogP contribution >= 0.6 is 0 Å². The van der Waals surface area contributed by atoms with E-state index in [-0.39, 0.29) is 6.61 Å². The molecule has 0 fully saturated rings. The molecule has 0 bridgehead atoms. The van der Waals surface area contributed by atoms with Gasteiger partial charge in [-0.15, -0.1) is 0 Å². The normalized spacial score (nSPS) is 12.7. The molecule has 0 aliphatic rings. The van der Waals surface area contributed by atoms with E-state index in [1.807, 2.05) is 31.2 Å². The monoisotopic (exact) mass is 350 g/mol. The molecule has 7 heteroatoms. The van der Waals surface area contributed by atoms with Crippen LogP contribution in [0.2, 0.25) is 0 Å². The summed E-state index contributed by atoms with van der Waals surface area (Å²) in [7, 11) is 0. The van der Waals surface area contributed by atoms with Crippen LogP contribution in [0.1, 0.15) is 23.3 Å². The Balaban J connectivity index is 0.000000648. The van der Waals surface area contributed by atoms with Gasteiger partial charge in [0.05, 0.1) is 11.9 Å². The van der Waals surface area contributed by atoms with Gasteiger partial charge in [-0.2, -0.15) is 0 Å². The molecular weight excluding hydrogens is 326 g/mol. The molecule has 0 aliphatic carbocycles. The van der Waals surface area contributed by atoms with Crippen molar-refractivity contribution in [2.45, 2.75) is 12.2 Å². The van der Waals surface area contributed by atoms with Crippen LogP contribution < -0.4 is 16.8 Å². The number of nitrogens with one attached hydrogen (secondary N) is 1. The zero-order chi connectivity index (χ0) is 17.9. The van der Waals surface area contributed by atoms with Gasteiger partial charge in [-0.05, 0) is 47.3 Å². The SMILES string of the molecule is CCNc1ccc(N)cc1C(c1ccccc1)S(=O)[O-].NCCO. The molecule has 0 radical (unpaired) electrons. The number of rotatable bonds is 6. The van der Waals surface area contributed by atoms with Crippen LogP contribution in [0.5, 0.6) is 0 Å². The lowest BCUT2D eigenvalue weighted by Gasteiger charge is -2.24. The fourth-order valence-electron chi connectivity index (χ4n) is 2.17. The second-order valence-corrected chi connectivity index (χ2v) is 5.93. The van der Waals surface area contributed by atoms with Gasteiger partial charge in [-0.3, -0.25) is 4.21 Å².